The summed E-state index contributed by atoms with van der Waals surface area (Å²) in [5, 5.41) is 7.11. The summed E-state index contributed by atoms with van der Waals surface area (Å²) in [6.07, 6.45) is 6.23. The molecular formula is C15H20FIN2. The Morgan fingerprint density at radius 2 is 2.05 bits per heavy atom. The molecule has 0 amide bonds. The maximum atomic E-state index is 13.7. The molecule has 0 bridgehead atoms. The van der Waals surface area contributed by atoms with E-state index in [1.54, 1.807) is 6.07 Å². The fraction of sp³-hybridized carbons (Fsp3) is 0.600. The monoisotopic (exact) mass is 374 g/mol. The highest BCUT2D eigenvalue weighted by atomic mass is 127. The van der Waals surface area contributed by atoms with E-state index in [2.05, 4.69) is 17.6 Å². The lowest BCUT2D eigenvalue weighted by Gasteiger charge is -2.45. The molecule has 0 unspecified atom stereocenters. The second-order valence-electron chi connectivity index (χ2n) is 5.92. The van der Waals surface area contributed by atoms with Gasteiger partial charge in [0.05, 0.1) is 20.5 Å². The first-order valence-corrected chi connectivity index (χ1v) is 8.21. The van der Waals surface area contributed by atoms with Gasteiger partial charge in [-0.15, -0.1) is 0 Å². The van der Waals surface area contributed by atoms with Gasteiger partial charge in [0.2, 0.25) is 0 Å². The van der Waals surface area contributed by atoms with E-state index in [0.29, 0.717) is 3.57 Å². The van der Waals surface area contributed by atoms with Crippen LogP contribution >= 0.6 is 22.6 Å². The van der Waals surface area contributed by atoms with E-state index in [9.17, 15) is 4.39 Å². The van der Waals surface area contributed by atoms with Crippen molar-refractivity contribution < 1.29 is 4.39 Å². The molecule has 19 heavy (non-hydrogen) atoms. The number of fused-ring (bicyclic) bond motifs is 1. The fourth-order valence-electron chi connectivity index (χ4n) is 3.33. The minimum absolute atomic E-state index is 0.132. The largest absolute Gasteiger partial charge is 0.381 e. The van der Waals surface area contributed by atoms with E-state index in [1.807, 2.05) is 28.7 Å². The van der Waals surface area contributed by atoms with Crippen molar-refractivity contribution in [2.45, 2.75) is 44.6 Å². The number of halogens is 2. The average molecular weight is 374 g/mol. The van der Waals surface area contributed by atoms with E-state index in [0.717, 1.165) is 23.8 Å². The number of anilines is 2. The molecular weight excluding hydrogens is 354 g/mol. The fourth-order valence-corrected chi connectivity index (χ4v) is 3.80. The summed E-state index contributed by atoms with van der Waals surface area (Å²) < 4.78 is 14.4. The summed E-state index contributed by atoms with van der Waals surface area (Å²) in [6.45, 7) is 3.24. The Balaban J connectivity index is 1.80. The molecule has 2 N–H and O–H groups in total. The third-order valence-electron chi connectivity index (χ3n) is 4.72. The quantitative estimate of drug-likeness (QED) is 0.702. The van der Waals surface area contributed by atoms with Crippen LogP contribution < -0.4 is 10.6 Å². The van der Waals surface area contributed by atoms with Crippen LogP contribution in [-0.4, -0.2) is 12.1 Å². The van der Waals surface area contributed by atoms with Gasteiger partial charge in [-0.05, 0) is 60.3 Å². The Kier molecular flexibility index (Phi) is 3.62. The van der Waals surface area contributed by atoms with Crippen LogP contribution in [0.3, 0.4) is 0 Å². The zero-order chi connectivity index (χ0) is 13.5. The Morgan fingerprint density at radius 1 is 1.32 bits per heavy atom. The van der Waals surface area contributed by atoms with Crippen molar-refractivity contribution in [2.24, 2.45) is 5.92 Å². The van der Waals surface area contributed by atoms with E-state index in [1.165, 1.54) is 32.1 Å². The zero-order valence-corrected chi connectivity index (χ0v) is 13.4. The molecule has 1 aliphatic carbocycles. The summed E-state index contributed by atoms with van der Waals surface area (Å²) in [5.74, 6) is 0.746. The van der Waals surface area contributed by atoms with E-state index < -0.39 is 0 Å². The highest BCUT2D eigenvalue weighted by molar-refractivity contribution is 14.1. The van der Waals surface area contributed by atoms with Gasteiger partial charge in [-0.2, -0.15) is 0 Å². The van der Waals surface area contributed by atoms with Crippen LogP contribution in [0.5, 0.6) is 0 Å². The summed E-state index contributed by atoms with van der Waals surface area (Å²) in [5.41, 5.74) is 2.10. The van der Waals surface area contributed by atoms with Crippen LogP contribution in [0.25, 0.3) is 0 Å². The number of hydrogen-bond acceptors (Lipinski definition) is 2. The van der Waals surface area contributed by atoms with Crippen molar-refractivity contribution in [1.82, 2.24) is 0 Å². The predicted molar refractivity (Wildman–Crippen MR) is 86.2 cm³/mol. The Bertz CT molecular complexity index is 481. The molecule has 2 aliphatic rings. The highest BCUT2D eigenvalue weighted by Crippen LogP contribution is 2.41. The molecule has 1 aromatic rings. The lowest BCUT2D eigenvalue weighted by Crippen LogP contribution is -2.50. The smallest absolute Gasteiger partial charge is 0.138 e. The van der Waals surface area contributed by atoms with Gasteiger partial charge in [0, 0.05) is 12.6 Å². The minimum Gasteiger partial charge on any atom is -0.381 e. The molecule has 0 saturated heterocycles. The van der Waals surface area contributed by atoms with Crippen molar-refractivity contribution in [3.63, 3.8) is 0 Å². The van der Waals surface area contributed by atoms with Crippen molar-refractivity contribution in [3.05, 3.63) is 21.5 Å². The molecule has 0 aromatic heterocycles. The number of rotatable bonds is 1. The molecule has 1 aliphatic heterocycles. The molecule has 104 valence electrons. The first kappa shape index (κ1) is 13.5. The SMILES string of the molecule is CCC1CCC2(CC1)CNc1cc(I)c(F)cc1N2. The van der Waals surface area contributed by atoms with Gasteiger partial charge in [0.1, 0.15) is 5.82 Å². The normalized spacial score (nSPS) is 29.5. The maximum absolute atomic E-state index is 13.7. The van der Waals surface area contributed by atoms with Gasteiger partial charge in [0.15, 0.2) is 0 Å². The van der Waals surface area contributed by atoms with Crippen LogP contribution in [0, 0.1) is 15.3 Å². The highest BCUT2D eigenvalue weighted by Gasteiger charge is 2.37. The number of benzene rings is 1. The van der Waals surface area contributed by atoms with Crippen LogP contribution in [0.2, 0.25) is 0 Å². The van der Waals surface area contributed by atoms with Gasteiger partial charge in [-0.25, -0.2) is 4.39 Å². The first-order chi connectivity index (χ1) is 9.12. The van der Waals surface area contributed by atoms with Crippen molar-refractivity contribution in [1.29, 1.82) is 0 Å². The predicted octanol–water partition coefficient (Wildman–Crippen LogP) is 4.61. The van der Waals surface area contributed by atoms with E-state index in [4.69, 9.17) is 0 Å². The standard InChI is InChI=1S/C15H20FIN2/c1-2-10-3-5-15(6-4-10)9-18-13-8-12(17)11(16)7-14(13)19-15/h7-8,10,18-19H,2-6,9H2,1H3. The molecule has 1 heterocycles. The molecule has 1 spiro atoms. The van der Waals surface area contributed by atoms with Crippen molar-refractivity contribution >= 4 is 34.0 Å². The summed E-state index contributed by atoms with van der Waals surface area (Å²) in [6, 6.07) is 3.53. The molecule has 1 fully saturated rings. The second-order valence-corrected chi connectivity index (χ2v) is 7.08. The van der Waals surface area contributed by atoms with Crippen molar-refractivity contribution in [3.8, 4) is 0 Å². The molecule has 2 nitrogen and oxygen atoms in total. The lowest BCUT2D eigenvalue weighted by atomic mass is 9.74. The third kappa shape index (κ3) is 2.56. The zero-order valence-electron chi connectivity index (χ0n) is 11.2. The van der Waals surface area contributed by atoms with Gasteiger partial charge in [0.25, 0.3) is 0 Å². The molecule has 4 heteroatoms. The maximum Gasteiger partial charge on any atom is 0.138 e. The van der Waals surface area contributed by atoms with Crippen LogP contribution in [-0.2, 0) is 0 Å². The Morgan fingerprint density at radius 3 is 2.74 bits per heavy atom. The average Bonchev–Trinajstić information content (AvgIpc) is 2.42. The Hall–Kier alpha value is -0.520. The molecule has 0 atom stereocenters. The van der Waals surface area contributed by atoms with Crippen molar-refractivity contribution in [2.75, 3.05) is 17.2 Å². The number of nitrogens with one attached hydrogen (secondary N) is 2. The van der Waals surface area contributed by atoms with E-state index in [-0.39, 0.29) is 11.4 Å². The van der Waals surface area contributed by atoms with Gasteiger partial charge >= 0.3 is 0 Å². The minimum atomic E-state index is -0.132. The lowest BCUT2D eigenvalue weighted by molar-refractivity contribution is 0.255. The Labute approximate surface area is 127 Å². The summed E-state index contributed by atoms with van der Waals surface area (Å²) in [4.78, 5) is 0. The topological polar surface area (TPSA) is 24.1 Å². The van der Waals surface area contributed by atoms with Gasteiger partial charge in [-0.1, -0.05) is 13.3 Å². The van der Waals surface area contributed by atoms with Crippen LogP contribution in [0.4, 0.5) is 15.8 Å². The van der Waals surface area contributed by atoms with Gasteiger partial charge in [-0.3, -0.25) is 0 Å². The molecule has 3 rings (SSSR count). The van der Waals surface area contributed by atoms with Crippen LogP contribution in [0.15, 0.2) is 12.1 Å². The summed E-state index contributed by atoms with van der Waals surface area (Å²) in [7, 11) is 0. The third-order valence-corrected chi connectivity index (χ3v) is 5.54. The second kappa shape index (κ2) is 5.11. The molecule has 1 saturated carbocycles. The van der Waals surface area contributed by atoms with Gasteiger partial charge < -0.3 is 10.6 Å². The molecule has 1 aromatic carbocycles. The molecule has 0 radical (unpaired) electrons. The van der Waals surface area contributed by atoms with Crippen LogP contribution in [0.1, 0.15) is 39.0 Å². The first-order valence-electron chi connectivity index (χ1n) is 7.13. The number of hydrogen-bond donors (Lipinski definition) is 2. The van der Waals surface area contributed by atoms with E-state index >= 15 is 0 Å². The summed E-state index contributed by atoms with van der Waals surface area (Å²) >= 11 is 2.04.